The first-order valence-electron chi connectivity index (χ1n) is 9.84. The summed E-state index contributed by atoms with van der Waals surface area (Å²) in [6.45, 7) is 0. The van der Waals surface area contributed by atoms with Gasteiger partial charge in [-0.25, -0.2) is 4.39 Å². The van der Waals surface area contributed by atoms with Crippen LogP contribution >= 0.6 is 22.7 Å². The molecule has 3 aromatic heterocycles. The quantitative estimate of drug-likeness (QED) is 0.392. The van der Waals surface area contributed by atoms with E-state index < -0.39 is 18.2 Å². The summed E-state index contributed by atoms with van der Waals surface area (Å²) in [7, 11) is 0. The summed E-state index contributed by atoms with van der Waals surface area (Å²) in [6, 6.07) is 11.1. The molecule has 31 heavy (non-hydrogen) atoms. The number of pyridine rings is 1. The Labute approximate surface area is 186 Å². The number of ether oxygens (including phenoxy) is 1. The molecule has 1 aliphatic rings. The van der Waals surface area contributed by atoms with Crippen molar-refractivity contribution in [1.29, 1.82) is 0 Å². The molecule has 1 fully saturated rings. The normalized spacial score (nSPS) is 19.2. The lowest BCUT2D eigenvalue weighted by Crippen LogP contribution is -2.31. The van der Waals surface area contributed by atoms with E-state index in [1.165, 1.54) is 11.3 Å². The van der Waals surface area contributed by atoms with E-state index >= 15 is 4.39 Å². The van der Waals surface area contributed by atoms with Crippen LogP contribution < -0.4 is 0 Å². The third-order valence-electron chi connectivity index (χ3n) is 5.22. The number of aliphatic hydroxyl groups is 1. The molecule has 7 heteroatoms. The van der Waals surface area contributed by atoms with E-state index in [4.69, 9.17) is 4.74 Å². The number of hydrogen-bond donors (Lipinski definition) is 1. The minimum Gasteiger partial charge on any atom is -0.458 e. The molecule has 0 amide bonds. The van der Waals surface area contributed by atoms with Crippen LogP contribution in [0.25, 0.3) is 37.9 Å². The fraction of sp³-hybridized carbons (Fsp3) is 0.167. The van der Waals surface area contributed by atoms with Gasteiger partial charge in [0.1, 0.15) is 11.9 Å². The Morgan fingerprint density at radius 1 is 1.16 bits per heavy atom. The second kappa shape index (κ2) is 8.34. The first kappa shape index (κ1) is 20.1. The molecular formula is C24H18FNO3S2. The lowest BCUT2D eigenvalue weighted by atomic mass is 9.98. The Kier molecular flexibility index (Phi) is 5.40. The molecule has 0 bridgehead atoms. The minimum atomic E-state index is -0.702. The number of halogens is 1. The Bertz CT molecular complexity index is 1270. The smallest absolute Gasteiger partial charge is 0.309 e. The number of aromatic nitrogens is 1. The van der Waals surface area contributed by atoms with Crippen LogP contribution in [0.4, 0.5) is 4.39 Å². The molecule has 4 nitrogen and oxygen atoms in total. The first-order valence-corrected chi connectivity index (χ1v) is 11.6. The summed E-state index contributed by atoms with van der Waals surface area (Å²) in [5.74, 6) is -0.702. The third kappa shape index (κ3) is 4.04. The number of fused-ring (bicyclic) bond motifs is 1. The van der Waals surface area contributed by atoms with Crippen molar-refractivity contribution < 1.29 is 19.0 Å². The molecule has 1 aliphatic heterocycles. The highest BCUT2D eigenvalue weighted by molar-refractivity contribution is 7.14. The van der Waals surface area contributed by atoms with Gasteiger partial charge in [-0.2, -0.15) is 0 Å². The van der Waals surface area contributed by atoms with Crippen molar-refractivity contribution in [1.82, 2.24) is 4.98 Å². The maximum absolute atomic E-state index is 15.1. The molecule has 4 aromatic rings. The number of benzene rings is 1. The van der Waals surface area contributed by atoms with Crippen molar-refractivity contribution in [3.63, 3.8) is 0 Å². The van der Waals surface area contributed by atoms with Crippen molar-refractivity contribution in [3.05, 3.63) is 70.8 Å². The number of carbonyl (C=O) groups is 1. The van der Waals surface area contributed by atoms with Gasteiger partial charge in [0.2, 0.25) is 0 Å². The summed E-state index contributed by atoms with van der Waals surface area (Å²) in [4.78, 5) is 18.1. The topological polar surface area (TPSA) is 59.4 Å². The van der Waals surface area contributed by atoms with E-state index in [-0.39, 0.29) is 12.2 Å². The van der Waals surface area contributed by atoms with Gasteiger partial charge in [-0.1, -0.05) is 18.2 Å². The van der Waals surface area contributed by atoms with E-state index in [1.807, 2.05) is 41.1 Å². The van der Waals surface area contributed by atoms with Crippen molar-refractivity contribution in [3.8, 4) is 20.9 Å². The van der Waals surface area contributed by atoms with Gasteiger partial charge in [0, 0.05) is 44.4 Å². The number of hydrogen-bond acceptors (Lipinski definition) is 6. The fourth-order valence-corrected chi connectivity index (χ4v) is 5.36. The van der Waals surface area contributed by atoms with Gasteiger partial charge in [0.05, 0.1) is 18.0 Å². The Balaban J connectivity index is 1.62. The maximum Gasteiger partial charge on any atom is 0.309 e. The highest BCUT2D eigenvalue weighted by Crippen LogP contribution is 2.38. The van der Waals surface area contributed by atoms with Crippen LogP contribution in [0.15, 0.2) is 59.4 Å². The molecule has 156 valence electrons. The Hall–Kier alpha value is -2.87. The zero-order chi connectivity index (χ0) is 21.4. The Morgan fingerprint density at radius 3 is 2.65 bits per heavy atom. The molecule has 1 saturated heterocycles. The summed E-state index contributed by atoms with van der Waals surface area (Å²) >= 11 is 3.06. The van der Waals surface area contributed by atoms with Crippen molar-refractivity contribution in [2.75, 3.05) is 0 Å². The van der Waals surface area contributed by atoms with Crippen LogP contribution in [-0.2, 0) is 9.53 Å². The van der Waals surface area contributed by atoms with Crippen LogP contribution in [0, 0.1) is 5.82 Å². The zero-order valence-corrected chi connectivity index (χ0v) is 18.0. The van der Waals surface area contributed by atoms with E-state index in [0.29, 0.717) is 17.5 Å². The monoisotopic (exact) mass is 451 g/mol. The van der Waals surface area contributed by atoms with Crippen molar-refractivity contribution in [2.45, 2.75) is 25.0 Å². The third-order valence-corrected chi connectivity index (χ3v) is 7.01. The number of rotatable bonds is 4. The molecule has 0 unspecified atom stereocenters. The standard InChI is InChI=1S/C24H18FNO3S2/c25-19-11-18-20(12-17(19)21-3-1-7-30-21)26-13-14(24(18)22-4-2-8-31-22)5-6-16-9-15(27)10-23(28)29-16/h1-8,11-13,15-16,27H,9-10H2/b6-5+/t15-,16-/m1/s1. The molecule has 1 aromatic carbocycles. The number of carbonyl (C=O) groups excluding carboxylic acids is 1. The highest BCUT2D eigenvalue weighted by atomic mass is 32.1. The van der Waals surface area contributed by atoms with Crippen molar-refractivity contribution >= 4 is 45.6 Å². The fourth-order valence-electron chi connectivity index (χ4n) is 3.81. The van der Waals surface area contributed by atoms with Crippen LogP contribution in [0.3, 0.4) is 0 Å². The van der Waals surface area contributed by atoms with Crippen LogP contribution in [0.5, 0.6) is 0 Å². The van der Waals surface area contributed by atoms with Crippen molar-refractivity contribution in [2.24, 2.45) is 0 Å². The van der Waals surface area contributed by atoms with Crippen LogP contribution in [0.2, 0.25) is 0 Å². The molecular weight excluding hydrogens is 433 g/mol. The van der Waals surface area contributed by atoms with E-state index in [1.54, 1.807) is 35.7 Å². The minimum absolute atomic E-state index is 0.0220. The molecule has 0 aliphatic carbocycles. The van der Waals surface area contributed by atoms with Gasteiger partial charge in [0.25, 0.3) is 0 Å². The predicted molar refractivity (Wildman–Crippen MR) is 122 cm³/mol. The maximum atomic E-state index is 15.1. The number of cyclic esters (lactones) is 1. The van der Waals surface area contributed by atoms with Crippen LogP contribution in [0.1, 0.15) is 18.4 Å². The number of aliphatic hydroxyl groups excluding tert-OH is 1. The summed E-state index contributed by atoms with van der Waals surface area (Å²) in [6.07, 6.45) is 4.53. The summed E-state index contributed by atoms with van der Waals surface area (Å²) in [5, 5.41) is 14.5. The highest BCUT2D eigenvalue weighted by Gasteiger charge is 2.25. The van der Waals surface area contributed by atoms with Gasteiger partial charge in [0.15, 0.2) is 0 Å². The average molecular weight is 452 g/mol. The zero-order valence-electron chi connectivity index (χ0n) is 16.3. The Morgan fingerprint density at radius 2 is 1.94 bits per heavy atom. The molecule has 4 heterocycles. The van der Waals surface area contributed by atoms with E-state index in [9.17, 15) is 9.90 Å². The average Bonchev–Trinajstić information content (AvgIpc) is 3.45. The molecule has 2 atom stereocenters. The summed E-state index contributed by atoms with van der Waals surface area (Å²) in [5.41, 5.74) is 2.94. The SMILES string of the molecule is O=C1C[C@H](O)C[C@@H](/C=C/c2cnc3cc(-c4cccs4)c(F)cc3c2-c2cccs2)O1. The number of esters is 1. The second-order valence-corrected chi connectivity index (χ2v) is 9.27. The van der Waals surface area contributed by atoms with Gasteiger partial charge < -0.3 is 9.84 Å². The largest absolute Gasteiger partial charge is 0.458 e. The molecule has 5 rings (SSSR count). The first-order chi connectivity index (χ1) is 15.1. The van der Waals surface area contributed by atoms with Gasteiger partial charge >= 0.3 is 5.97 Å². The second-order valence-electron chi connectivity index (χ2n) is 7.37. The molecule has 1 N–H and O–H groups in total. The summed E-state index contributed by atoms with van der Waals surface area (Å²) < 4.78 is 20.4. The van der Waals surface area contributed by atoms with E-state index in [2.05, 4.69) is 4.98 Å². The molecule has 0 spiro atoms. The lowest BCUT2D eigenvalue weighted by Gasteiger charge is -2.23. The molecule has 0 radical (unpaired) electrons. The van der Waals surface area contributed by atoms with E-state index in [0.717, 1.165) is 26.3 Å². The van der Waals surface area contributed by atoms with Gasteiger partial charge in [-0.15, -0.1) is 22.7 Å². The molecule has 0 saturated carbocycles. The van der Waals surface area contributed by atoms with Gasteiger partial charge in [-0.3, -0.25) is 9.78 Å². The lowest BCUT2D eigenvalue weighted by molar-refractivity contribution is -0.156. The predicted octanol–water partition coefficient (Wildman–Crippen LogP) is 5.91. The van der Waals surface area contributed by atoms with Gasteiger partial charge in [-0.05, 0) is 41.1 Å². The number of thiophene rings is 2. The number of nitrogens with zero attached hydrogens (tertiary/aromatic N) is 1. The van der Waals surface area contributed by atoms with Crippen LogP contribution in [-0.4, -0.2) is 28.3 Å².